The Kier molecular flexibility index (Phi) is 7.16. The molecule has 1 fully saturated rings. The van der Waals surface area contributed by atoms with Crippen LogP contribution in [0, 0.1) is 6.92 Å². The van der Waals surface area contributed by atoms with E-state index in [-0.39, 0.29) is 9.77 Å². The number of hydrogen-bond acceptors (Lipinski definition) is 11. The maximum Gasteiger partial charge on any atom is 0.347 e. The number of likely N-dealkylation sites (N-methyl/N-ethyl adjacent to an activating group) is 1. The molecule has 3 aromatic rings. The van der Waals surface area contributed by atoms with Crippen molar-refractivity contribution in [1.29, 1.82) is 0 Å². The summed E-state index contributed by atoms with van der Waals surface area (Å²) in [5, 5.41) is 21.2. The maximum atomic E-state index is 11.5. The smallest absolute Gasteiger partial charge is 0.347 e. The summed E-state index contributed by atoms with van der Waals surface area (Å²) in [7, 11) is -1.68. The van der Waals surface area contributed by atoms with Crippen molar-refractivity contribution < 1.29 is 18.3 Å². The molecule has 0 unspecified atom stereocenters. The first kappa shape index (κ1) is 24.8. The first-order valence-electron chi connectivity index (χ1n) is 10.7. The van der Waals surface area contributed by atoms with E-state index in [9.17, 15) is 18.3 Å². The Bertz CT molecular complexity index is 1320. The molecular weight excluding hydrogens is 492 g/mol. The number of nitrogens with zero attached hydrogens (tertiary/aromatic N) is 5. The standard InChI is InChI=1S/C21H26N8O4S2/c1-13-18(19(30)31)34-21(24-13)27-20-25-16(11-17(26-20)29-9-7-28(2)8-10-29)23-12-14-3-5-15(6-4-14)35(22,32)33/h3-6,11H,7-10,12H2,1-2H3,(H,30,31)(H2,22,32,33)(H2,23,24,25,26,27). The molecule has 0 aliphatic carbocycles. The van der Waals surface area contributed by atoms with E-state index in [1.54, 1.807) is 19.1 Å². The summed E-state index contributed by atoms with van der Waals surface area (Å²) in [4.78, 5) is 29.4. The first-order chi connectivity index (χ1) is 16.6. The largest absolute Gasteiger partial charge is 0.477 e. The average molecular weight is 519 g/mol. The number of primary sulfonamides is 1. The fourth-order valence-corrected chi connectivity index (χ4v) is 4.83. The summed E-state index contributed by atoms with van der Waals surface area (Å²) in [6, 6.07) is 8.13. The van der Waals surface area contributed by atoms with E-state index in [0.29, 0.717) is 29.1 Å². The van der Waals surface area contributed by atoms with Crippen molar-refractivity contribution in [1.82, 2.24) is 19.9 Å². The number of benzene rings is 1. The summed E-state index contributed by atoms with van der Waals surface area (Å²) in [6.45, 7) is 5.45. The molecule has 1 aliphatic heterocycles. The van der Waals surface area contributed by atoms with Gasteiger partial charge in [0, 0.05) is 38.8 Å². The Morgan fingerprint density at radius 1 is 1.14 bits per heavy atom. The quantitative estimate of drug-likeness (QED) is 0.343. The molecule has 4 rings (SSSR count). The summed E-state index contributed by atoms with van der Waals surface area (Å²) < 4.78 is 22.9. The summed E-state index contributed by atoms with van der Waals surface area (Å²) >= 11 is 1.02. The highest BCUT2D eigenvalue weighted by molar-refractivity contribution is 7.89. The number of sulfonamides is 1. The minimum absolute atomic E-state index is 0.0478. The SMILES string of the molecule is Cc1nc(Nc2nc(NCc3ccc(S(N)(=O)=O)cc3)cc(N3CCN(C)CC3)n2)sc1C(=O)O. The van der Waals surface area contributed by atoms with Gasteiger partial charge in [0.25, 0.3) is 0 Å². The van der Waals surface area contributed by atoms with Crippen LogP contribution in [0.25, 0.3) is 0 Å². The minimum Gasteiger partial charge on any atom is -0.477 e. The molecule has 0 atom stereocenters. The molecule has 14 heteroatoms. The molecule has 2 aromatic heterocycles. The van der Waals surface area contributed by atoms with Gasteiger partial charge in [-0.25, -0.2) is 23.3 Å². The zero-order valence-electron chi connectivity index (χ0n) is 19.2. The Morgan fingerprint density at radius 2 is 1.83 bits per heavy atom. The van der Waals surface area contributed by atoms with Crippen LogP contribution in [0.4, 0.5) is 22.7 Å². The van der Waals surface area contributed by atoms with Gasteiger partial charge in [-0.2, -0.15) is 9.97 Å². The van der Waals surface area contributed by atoms with Gasteiger partial charge in [-0.3, -0.25) is 5.32 Å². The number of aromatic carboxylic acids is 1. The number of nitrogens with two attached hydrogens (primary N) is 1. The number of thiazole rings is 1. The normalized spacial score (nSPS) is 14.7. The second-order valence-electron chi connectivity index (χ2n) is 8.13. The predicted octanol–water partition coefficient (Wildman–Crippen LogP) is 1.69. The number of aryl methyl sites for hydroxylation is 1. The van der Waals surface area contributed by atoms with Crippen LogP contribution in [0.1, 0.15) is 20.9 Å². The van der Waals surface area contributed by atoms with Crippen LogP contribution < -0.4 is 20.7 Å². The fraction of sp³-hybridized carbons (Fsp3) is 0.333. The Balaban J connectivity index is 1.57. The van der Waals surface area contributed by atoms with E-state index in [2.05, 4.69) is 42.4 Å². The van der Waals surface area contributed by atoms with Gasteiger partial charge in [0.2, 0.25) is 16.0 Å². The number of piperazine rings is 1. The van der Waals surface area contributed by atoms with E-state index in [1.807, 2.05) is 6.07 Å². The van der Waals surface area contributed by atoms with Gasteiger partial charge >= 0.3 is 5.97 Å². The topological polar surface area (TPSA) is 167 Å². The van der Waals surface area contributed by atoms with E-state index < -0.39 is 16.0 Å². The molecule has 186 valence electrons. The van der Waals surface area contributed by atoms with Crippen molar-refractivity contribution in [2.24, 2.45) is 5.14 Å². The zero-order valence-corrected chi connectivity index (χ0v) is 20.9. The van der Waals surface area contributed by atoms with Crippen molar-refractivity contribution >= 4 is 50.0 Å². The lowest BCUT2D eigenvalue weighted by molar-refractivity contribution is 0.0701. The first-order valence-corrected chi connectivity index (χ1v) is 13.1. The van der Waals surface area contributed by atoms with Crippen LogP contribution in [0.15, 0.2) is 35.2 Å². The molecule has 0 amide bonds. The van der Waals surface area contributed by atoms with Gasteiger partial charge in [0.1, 0.15) is 16.5 Å². The fourth-order valence-electron chi connectivity index (χ4n) is 3.51. The van der Waals surface area contributed by atoms with Crippen molar-refractivity contribution in [3.8, 4) is 0 Å². The minimum atomic E-state index is -3.75. The van der Waals surface area contributed by atoms with Crippen LogP contribution in [0.3, 0.4) is 0 Å². The van der Waals surface area contributed by atoms with E-state index >= 15 is 0 Å². The number of carboxylic acids is 1. The van der Waals surface area contributed by atoms with Crippen LogP contribution >= 0.6 is 11.3 Å². The van der Waals surface area contributed by atoms with Crippen LogP contribution in [-0.4, -0.2) is 72.6 Å². The molecule has 35 heavy (non-hydrogen) atoms. The monoisotopic (exact) mass is 518 g/mol. The second kappa shape index (κ2) is 10.1. The van der Waals surface area contributed by atoms with Crippen LogP contribution in [0.2, 0.25) is 0 Å². The summed E-state index contributed by atoms with van der Waals surface area (Å²) in [5.41, 5.74) is 1.26. The maximum absolute atomic E-state index is 11.5. The van der Waals surface area contributed by atoms with Gasteiger partial charge < -0.3 is 20.2 Å². The molecule has 3 heterocycles. The van der Waals surface area contributed by atoms with Gasteiger partial charge in [-0.1, -0.05) is 23.5 Å². The van der Waals surface area contributed by atoms with Gasteiger partial charge in [-0.05, 0) is 31.7 Å². The third-order valence-corrected chi connectivity index (χ3v) is 7.47. The third-order valence-electron chi connectivity index (χ3n) is 5.47. The zero-order chi connectivity index (χ0) is 25.2. The van der Waals surface area contributed by atoms with E-state index in [0.717, 1.165) is 48.9 Å². The molecule has 1 saturated heterocycles. The third kappa shape index (κ3) is 6.22. The molecule has 12 nitrogen and oxygen atoms in total. The van der Waals surface area contributed by atoms with Crippen LogP contribution in [0.5, 0.6) is 0 Å². The predicted molar refractivity (Wildman–Crippen MR) is 134 cm³/mol. The molecule has 5 N–H and O–H groups in total. The number of carboxylic acid groups (broad SMARTS) is 1. The van der Waals surface area contributed by atoms with Gasteiger partial charge in [0.15, 0.2) is 5.13 Å². The number of rotatable bonds is 8. The molecule has 1 aromatic carbocycles. The highest BCUT2D eigenvalue weighted by Gasteiger charge is 2.19. The van der Waals surface area contributed by atoms with Crippen LogP contribution in [-0.2, 0) is 16.6 Å². The number of aromatic nitrogens is 3. The molecule has 0 bridgehead atoms. The molecular formula is C21H26N8O4S2. The second-order valence-corrected chi connectivity index (χ2v) is 10.7. The van der Waals surface area contributed by atoms with Crippen molar-refractivity contribution in [3.05, 3.63) is 46.5 Å². The number of anilines is 4. The Labute approximate surface area is 206 Å². The van der Waals surface area contributed by atoms with Crippen molar-refractivity contribution in [2.45, 2.75) is 18.4 Å². The Hall–Kier alpha value is -3.33. The lowest BCUT2D eigenvalue weighted by Crippen LogP contribution is -2.44. The highest BCUT2D eigenvalue weighted by atomic mass is 32.2. The van der Waals surface area contributed by atoms with E-state index in [4.69, 9.17) is 5.14 Å². The molecule has 0 spiro atoms. The van der Waals surface area contributed by atoms with Crippen molar-refractivity contribution in [3.63, 3.8) is 0 Å². The van der Waals surface area contributed by atoms with Gasteiger partial charge in [0.05, 0.1) is 10.6 Å². The Morgan fingerprint density at radius 3 is 2.43 bits per heavy atom. The number of hydrogen-bond donors (Lipinski definition) is 4. The number of carbonyl (C=O) groups is 1. The number of nitrogens with one attached hydrogen (secondary N) is 2. The van der Waals surface area contributed by atoms with Crippen molar-refractivity contribution in [2.75, 3.05) is 48.8 Å². The van der Waals surface area contributed by atoms with Gasteiger partial charge in [-0.15, -0.1) is 0 Å². The summed E-state index contributed by atoms with van der Waals surface area (Å²) in [6.07, 6.45) is 0. The molecule has 0 radical (unpaired) electrons. The highest BCUT2D eigenvalue weighted by Crippen LogP contribution is 2.27. The molecule has 1 aliphatic rings. The molecule has 0 saturated carbocycles. The average Bonchev–Trinajstić information content (AvgIpc) is 3.18. The lowest BCUT2D eigenvalue weighted by atomic mass is 10.2. The lowest BCUT2D eigenvalue weighted by Gasteiger charge is -2.33. The summed E-state index contributed by atoms with van der Waals surface area (Å²) in [5.74, 6) is 0.545. The van der Waals surface area contributed by atoms with E-state index in [1.165, 1.54) is 12.1 Å².